The molecule has 0 radical (unpaired) electrons. The zero-order chi connectivity index (χ0) is 20.1. The Kier molecular flexibility index (Phi) is 6.28. The predicted octanol–water partition coefficient (Wildman–Crippen LogP) is 4.09. The lowest BCUT2D eigenvalue weighted by molar-refractivity contribution is 0.253. The van der Waals surface area contributed by atoms with Crippen molar-refractivity contribution < 1.29 is 13.2 Å². The van der Waals surface area contributed by atoms with Crippen molar-refractivity contribution in [3.05, 3.63) is 66.7 Å². The Morgan fingerprint density at radius 3 is 2.07 bits per heavy atom. The molecule has 0 bridgehead atoms. The van der Waals surface area contributed by atoms with E-state index in [-0.39, 0.29) is 16.3 Å². The maximum Gasteiger partial charge on any atom is 0.319 e. The van der Waals surface area contributed by atoms with Crippen LogP contribution in [0, 0.1) is 0 Å². The fourth-order valence-electron chi connectivity index (χ4n) is 2.31. The van der Waals surface area contributed by atoms with Gasteiger partial charge in [-0.2, -0.15) is 0 Å². The van der Waals surface area contributed by atoms with E-state index >= 15 is 0 Å². The van der Waals surface area contributed by atoms with E-state index in [1.165, 1.54) is 0 Å². The molecule has 0 aliphatic rings. The summed E-state index contributed by atoms with van der Waals surface area (Å²) in [6.45, 7) is 10.1. The zero-order valence-corrected chi connectivity index (χ0v) is 16.6. The molecule has 0 atom stereocenters. The van der Waals surface area contributed by atoms with Crippen molar-refractivity contribution in [3.8, 4) is 0 Å². The number of hydrogen-bond donors (Lipinski definition) is 3. The number of amides is 2. The lowest BCUT2D eigenvalue weighted by Gasteiger charge is -2.19. The highest BCUT2D eigenvalue weighted by Gasteiger charge is 2.17. The summed E-state index contributed by atoms with van der Waals surface area (Å²) in [5.41, 5.74) is 1.98. The molecule has 0 aliphatic heterocycles. The fourth-order valence-corrected chi connectivity index (χ4v) is 3.37. The van der Waals surface area contributed by atoms with E-state index in [1.54, 1.807) is 42.5 Å². The summed E-state index contributed by atoms with van der Waals surface area (Å²) in [6.07, 6.45) is 1.57. The Bertz CT molecular complexity index is 897. The Balaban J connectivity index is 2.07. The highest BCUT2D eigenvalue weighted by Crippen LogP contribution is 2.24. The molecule has 2 aromatic carbocycles. The predicted molar refractivity (Wildman–Crippen MR) is 110 cm³/mol. The molecule has 6 nitrogen and oxygen atoms in total. The van der Waals surface area contributed by atoms with Gasteiger partial charge in [-0.1, -0.05) is 39.0 Å². The van der Waals surface area contributed by atoms with E-state index in [0.29, 0.717) is 17.9 Å². The summed E-state index contributed by atoms with van der Waals surface area (Å²) in [6, 6.07) is 12.9. The minimum absolute atomic E-state index is 0.0451. The molecule has 3 N–H and O–H groups in total. The molecular weight excluding hydrogens is 362 g/mol. The van der Waals surface area contributed by atoms with E-state index in [2.05, 4.69) is 42.7 Å². The van der Waals surface area contributed by atoms with E-state index in [9.17, 15) is 13.2 Å². The number of carbonyl (C=O) groups excluding carboxylic acids is 1. The maximum atomic E-state index is 12.5. The van der Waals surface area contributed by atoms with E-state index < -0.39 is 10.0 Å². The molecule has 0 heterocycles. The monoisotopic (exact) mass is 387 g/mol. The van der Waals surface area contributed by atoms with Crippen LogP contribution in [-0.4, -0.2) is 21.0 Å². The number of sulfonamides is 1. The fraction of sp³-hybridized carbons (Fsp3) is 0.250. The highest BCUT2D eigenvalue weighted by molar-refractivity contribution is 7.92. The Labute approximate surface area is 160 Å². The van der Waals surface area contributed by atoms with Gasteiger partial charge < -0.3 is 10.6 Å². The van der Waals surface area contributed by atoms with Crippen molar-refractivity contribution >= 4 is 27.4 Å². The van der Waals surface area contributed by atoms with Gasteiger partial charge in [0.25, 0.3) is 10.0 Å². The van der Waals surface area contributed by atoms with Gasteiger partial charge in [0.1, 0.15) is 0 Å². The highest BCUT2D eigenvalue weighted by atomic mass is 32.2. The summed E-state index contributed by atoms with van der Waals surface area (Å²) < 4.78 is 27.6. The largest absolute Gasteiger partial charge is 0.334 e. The van der Waals surface area contributed by atoms with Crippen molar-refractivity contribution in [1.29, 1.82) is 0 Å². The van der Waals surface area contributed by atoms with Crippen LogP contribution in [0.5, 0.6) is 0 Å². The van der Waals surface area contributed by atoms with Crippen LogP contribution in [0.4, 0.5) is 16.2 Å². The Morgan fingerprint density at radius 2 is 1.56 bits per heavy atom. The van der Waals surface area contributed by atoms with Gasteiger partial charge in [-0.3, -0.25) is 4.72 Å². The minimum atomic E-state index is -3.68. The lowest BCUT2D eigenvalue weighted by atomic mass is 9.87. The third-order valence-electron chi connectivity index (χ3n) is 3.83. The first-order valence-corrected chi connectivity index (χ1v) is 9.99. The molecule has 0 saturated carbocycles. The normalized spacial score (nSPS) is 11.5. The summed E-state index contributed by atoms with van der Waals surface area (Å²) in [4.78, 5) is 11.8. The average molecular weight is 388 g/mol. The maximum absolute atomic E-state index is 12.5. The summed E-state index contributed by atoms with van der Waals surface area (Å²) in [5, 5.41) is 5.23. The second kappa shape index (κ2) is 8.26. The van der Waals surface area contributed by atoms with Crippen LogP contribution in [0.2, 0.25) is 0 Å². The molecule has 0 aromatic heterocycles. The van der Waals surface area contributed by atoms with Gasteiger partial charge in [0, 0.05) is 17.9 Å². The van der Waals surface area contributed by atoms with Gasteiger partial charge in [-0.05, 0) is 47.4 Å². The quantitative estimate of drug-likeness (QED) is 0.652. The molecular formula is C20H25N3O3S. The molecule has 2 amide bonds. The van der Waals surface area contributed by atoms with Gasteiger partial charge in [0.05, 0.1) is 4.90 Å². The molecule has 0 fully saturated rings. The summed E-state index contributed by atoms with van der Waals surface area (Å²) in [7, 11) is -3.68. The van der Waals surface area contributed by atoms with Crippen LogP contribution in [0.1, 0.15) is 26.3 Å². The third kappa shape index (κ3) is 5.86. The second-order valence-electron chi connectivity index (χ2n) is 7.08. The first kappa shape index (κ1) is 20.5. The topological polar surface area (TPSA) is 87.3 Å². The second-order valence-corrected chi connectivity index (χ2v) is 8.76. The Hall–Kier alpha value is -2.80. The number of carbonyl (C=O) groups is 1. The number of urea groups is 1. The number of hydrogen-bond acceptors (Lipinski definition) is 3. The molecule has 2 rings (SSSR count). The van der Waals surface area contributed by atoms with Crippen LogP contribution in [0.3, 0.4) is 0 Å². The molecule has 7 heteroatoms. The standard InChI is InChI=1S/C20H25N3O3S/c1-5-14-21-19(24)22-16-8-10-17(11-9-16)23-27(25,26)18-12-6-15(7-13-18)20(2,3)4/h5-13,23H,1,14H2,2-4H3,(H2,21,22,24). The molecule has 27 heavy (non-hydrogen) atoms. The van der Waals surface area contributed by atoms with Gasteiger partial charge in [-0.15, -0.1) is 6.58 Å². The van der Waals surface area contributed by atoms with Crippen molar-refractivity contribution in [2.24, 2.45) is 0 Å². The van der Waals surface area contributed by atoms with Crippen LogP contribution in [0.25, 0.3) is 0 Å². The van der Waals surface area contributed by atoms with Gasteiger partial charge in [0.2, 0.25) is 0 Å². The summed E-state index contributed by atoms with van der Waals surface area (Å²) in [5.74, 6) is 0. The number of rotatable bonds is 6. The molecule has 0 saturated heterocycles. The first-order chi connectivity index (χ1) is 12.6. The van der Waals surface area contributed by atoms with E-state index in [4.69, 9.17) is 0 Å². The van der Waals surface area contributed by atoms with Gasteiger partial charge in [0.15, 0.2) is 0 Å². The average Bonchev–Trinajstić information content (AvgIpc) is 2.61. The molecule has 144 valence electrons. The minimum Gasteiger partial charge on any atom is -0.334 e. The van der Waals surface area contributed by atoms with Crippen LogP contribution < -0.4 is 15.4 Å². The SMILES string of the molecule is C=CCNC(=O)Nc1ccc(NS(=O)(=O)c2ccc(C(C)(C)C)cc2)cc1. The first-order valence-electron chi connectivity index (χ1n) is 8.51. The van der Waals surface area contributed by atoms with Crippen molar-refractivity contribution in [2.75, 3.05) is 16.6 Å². The number of nitrogens with one attached hydrogen (secondary N) is 3. The molecule has 0 aliphatic carbocycles. The number of benzene rings is 2. The number of anilines is 2. The van der Waals surface area contributed by atoms with E-state index in [1.807, 2.05) is 12.1 Å². The molecule has 2 aromatic rings. The molecule has 0 unspecified atom stereocenters. The van der Waals surface area contributed by atoms with Crippen LogP contribution >= 0.6 is 0 Å². The van der Waals surface area contributed by atoms with Crippen molar-refractivity contribution in [3.63, 3.8) is 0 Å². The van der Waals surface area contributed by atoms with Crippen molar-refractivity contribution in [2.45, 2.75) is 31.1 Å². The van der Waals surface area contributed by atoms with Gasteiger partial charge >= 0.3 is 6.03 Å². The zero-order valence-electron chi connectivity index (χ0n) is 15.7. The van der Waals surface area contributed by atoms with Crippen LogP contribution in [0.15, 0.2) is 66.1 Å². The lowest BCUT2D eigenvalue weighted by Crippen LogP contribution is -2.28. The Morgan fingerprint density at radius 1 is 1.00 bits per heavy atom. The van der Waals surface area contributed by atoms with Crippen LogP contribution in [-0.2, 0) is 15.4 Å². The van der Waals surface area contributed by atoms with E-state index in [0.717, 1.165) is 5.56 Å². The van der Waals surface area contributed by atoms with Gasteiger partial charge in [-0.25, -0.2) is 13.2 Å². The molecule has 0 spiro atoms. The summed E-state index contributed by atoms with van der Waals surface area (Å²) >= 11 is 0. The smallest absolute Gasteiger partial charge is 0.319 e. The third-order valence-corrected chi connectivity index (χ3v) is 5.23. The van der Waals surface area contributed by atoms with Crippen molar-refractivity contribution in [1.82, 2.24) is 5.32 Å².